The minimum Gasteiger partial charge on any atom is -0.497 e. The number of carbonyl (C=O) groups is 2. The predicted molar refractivity (Wildman–Crippen MR) is 116 cm³/mol. The van der Waals surface area contributed by atoms with E-state index in [2.05, 4.69) is 5.16 Å². The van der Waals surface area contributed by atoms with E-state index in [9.17, 15) is 9.59 Å². The van der Waals surface area contributed by atoms with E-state index in [0.29, 0.717) is 44.0 Å². The Morgan fingerprint density at radius 2 is 2.06 bits per heavy atom. The fraction of sp³-hybridized carbons (Fsp3) is 0.542. The molecule has 1 amide bonds. The number of aromatic nitrogens is 1. The number of rotatable bonds is 7. The zero-order valence-electron chi connectivity index (χ0n) is 18.7. The highest BCUT2D eigenvalue weighted by Gasteiger charge is 2.46. The first-order valence-corrected chi connectivity index (χ1v) is 11.2. The van der Waals surface area contributed by atoms with Crippen LogP contribution in [0, 0.1) is 5.41 Å². The lowest BCUT2D eigenvalue weighted by Gasteiger charge is -2.41. The molecule has 0 spiro atoms. The standard InChI is InChI=1S/C24H30N2O6/c1-3-30-23(28)24(11-5-12-26(16-24)22(27)21-6-4-13-31-21)15-19-14-20(25-32-19)17-7-9-18(29-2)10-8-17/h7-10,14,21H,3-6,11-13,15-16H2,1-2H3. The van der Waals surface area contributed by atoms with E-state index in [4.69, 9.17) is 18.7 Å². The highest BCUT2D eigenvalue weighted by Crippen LogP contribution is 2.37. The molecule has 0 aliphatic carbocycles. The van der Waals surface area contributed by atoms with Crippen molar-refractivity contribution in [3.63, 3.8) is 0 Å². The van der Waals surface area contributed by atoms with Crippen LogP contribution in [-0.4, -0.2) is 61.5 Å². The number of methoxy groups -OCH3 is 1. The van der Waals surface area contributed by atoms with E-state index >= 15 is 0 Å². The van der Waals surface area contributed by atoms with Gasteiger partial charge in [-0.25, -0.2) is 0 Å². The largest absolute Gasteiger partial charge is 0.497 e. The second-order valence-corrected chi connectivity index (χ2v) is 8.45. The molecule has 32 heavy (non-hydrogen) atoms. The lowest BCUT2D eigenvalue weighted by atomic mass is 9.76. The van der Waals surface area contributed by atoms with Crippen LogP contribution in [0.1, 0.15) is 38.4 Å². The van der Waals surface area contributed by atoms with Crippen molar-refractivity contribution < 1.29 is 28.3 Å². The quantitative estimate of drug-likeness (QED) is 0.608. The summed E-state index contributed by atoms with van der Waals surface area (Å²) in [5, 5.41) is 4.19. The van der Waals surface area contributed by atoms with Crippen molar-refractivity contribution in [2.75, 3.05) is 33.4 Å². The van der Waals surface area contributed by atoms with Crippen molar-refractivity contribution in [1.29, 1.82) is 0 Å². The maximum Gasteiger partial charge on any atom is 0.314 e. The highest BCUT2D eigenvalue weighted by atomic mass is 16.5. The summed E-state index contributed by atoms with van der Waals surface area (Å²) in [4.78, 5) is 27.8. The number of hydrogen-bond acceptors (Lipinski definition) is 7. The second-order valence-electron chi connectivity index (χ2n) is 8.45. The third-order valence-corrected chi connectivity index (χ3v) is 6.26. The molecular weight excluding hydrogens is 412 g/mol. The average molecular weight is 443 g/mol. The van der Waals surface area contributed by atoms with Gasteiger partial charge in [0.2, 0.25) is 0 Å². The molecular formula is C24H30N2O6. The molecule has 2 unspecified atom stereocenters. The normalized spacial score (nSPS) is 23.2. The summed E-state index contributed by atoms with van der Waals surface area (Å²) in [5.74, 6) is 1.02. The average Bonchev–Trinajstić information content (AvgIpc) is 3.51. The number of carbonyl (C=O) groups excluding carboxylic acids is 2. The Bertz CT molecular complexity index is 934. The lowest BCUT2D eigenvalue weighted by molar-refractivity contribution is -0.162. The van der Waals surface area contributed by atoms with Gasteiger partial charge in [0.05, 0.1) is 19.1 Å². The number of ether oxygens (including phenoxy) is 3. The zero-order chi connectivity index (χ0) is 22.6. The zero-order valence-corrected chi connectivity index (χ0v) is 18.7. The Labute approximate surface area is 187 Å². The van der Waals surface area contributed by atoms with Gasteiger partial charge in [0.25, 0.3) is 5.91 Å². The maximum atomic E-state index is 13.1. The number of hydrogen-bond donors (Lipinski definition) is 0. The molecule has 3 heterocycles. The molecule has 2 aliphatic rings. The lowest BCUT2D eigenvalue weighted by Crippen LogP contribution is -2.53. The summed E-state index contributed by atoms with van der Waals surface area (Å²) in [6, 6.07) is 9.39. The molecule has 2 atom stereocenters. The summed E-state index contributed by atoms with van der Waals surface area (Å²) in [6.07, 6.45) is 2.88. The monoisotopic (exact) mass is 442 g/mol. The molecule has 4 rings (SSSR count). The van der Waals surface area contributed by atoms with Crippen LogP contribution in [0.5, 0.6) is 5.75 Å². The Morgan fingerprint density at radius 3 is 2.75 bits per heavy atom. The smallest absolute Gasteiger partial charge is 0.314 e. The fourth-order valence-electron chi connectivity index (χ4n) is 4.59. The van der Waals surface area contributed by atoms with Gasteiger partial charge >= 0.3 is 5.97 Å². The van der Waals surface area contributed by atoms with Gasteiger partial charge in [0, 0.05) is 37.7 Å². The van der Waals surface area contributed by atoms with E-state index in [-0.39, 0.29) is 18.5 Å². The van der Waals surface area contributed by atoms with Crippen molar-refractivity contribution >= 4 is 11.9 Å². The topological polar surface area (TPSA) is 91.1 Å². The molecule has 0 radical (unpaired) electrons. The summed E-state index contributed by atoms with van der Waals surface area (Å²) in [7, 11) is 1.62. The molecule has 8 nitrogen and oxygen atoms in total. The molecule has 2 aliphatic heterocycles. The number of amides is 1. The Morgan fingerprint density at radius 1 is 1.25 bits per heavy atom. The minimum absolute atomic E-state index is 0.0348. The number of nitrogens with zero attached hydrogens (tertiary/aromatic N) is 2. The van der Waals surface area contributed by atoms with Crippen LogP contribution in [0.15, 0.2) is 34.9 Å². The van der Waals surface area contributed by atoms with Crippen LogP contribution in [0.3, 0.4) is 0 Å². The van der Waals surface area contributed by atoms with Crippen molar-refractivity contribution in [2.45, 2.75) is 45.1 Å². The summed E-state index contributed by atoms with van der Waals surface area (Å²) in [6.45, 7) is 3.60. The van der Waals surface area contributed by atoms with Gasteiger partial charge in [-0.2, -0.15) is 0 Å². The third-order valence-electron chi connectivity index (χ3n) is 6.26. The van der Waals surface area contributed by atoms with Crippen molar-refractivity contribution in [3.05, 3.63) is 36.1 Å². The van der Waals surface area contributed by atoms with E-state index in [1.54, 1.807) is 18.9 Å². The van der Waals surface area contributed by atoms with Gasteiger partial charge in [-0.15, -0.1) is 0 Å². The Balaban J connectivity index is 1.54. The molecule has 0 saturated carbocycles. The first kappa shape index (κ1) is 22.3. The molecule has 2 aromatic rings. The van der Waals surface area contributed by atoms with Gasteiger partial charge in [-0.05, 0) is 56.9 Å². The number of benzene rings is 1. The SMILES string of the molecule is CCOC(=O)C1(Cc2cc(-c3ccc(OC)cc3)no2)CCCN(C(=O)C2CCCO2)C1. The molecule has 0 N–H and O–H groups in total. The predicted octanol–water partition coefficient (Wildman–Crippen LogP) is 3.24. The van der Waals surface area contributed by atoms with Gasteiger partial charge in [-0.1, -0.05) is 5.16 Å². The van der Waals surface area contributed by atoms with E-state index < -0.39 is 11.5 Å². The molecule has 8 heteroatoms. The minimum atomic E-state index is -0.862. The maximum absolute atomic E-state index is 13.1. The summed E-state index contributed by atoms with van der Waals surface area (Å²) >= 11 is 0. The summed E-state index contributed by atoms with van der Waals surface area (Å²) in [5.41, 5.74) is 0.716. The Kier molecular flexibility index (Phi) is 6.79. The number of piperidine rings is 1. The highest BCUT2D eigenvalue weighted by molar-refractivity contribution is 5.83. The first-order valence-electron chi connectivity index (χ1n) is 11.2. The van der Waals surface area contributed by atoms with Crippen LogP contribution in [0.2, 0.25) is 0 Å². The van der Waals surface area contributed by atoms with E-state index in [1.165, 1.54) is 0 Å². The second kappa shape index (κ2) is 9.73. The molecule has 1 aromatic heterocycles. The van der Waals surface area contributed by atoms with Gasteiger partial charge < -0.3 is 23.6 Å². The molecule has 0 bridgehead atoms. The van der Waals surface area contributed by atoms with Crippen LogP contribution in [-0.2, 0) is 25.5 Å². The van der Waals surface area contributed by atoms with Crippen LogP contribution >= 0.6 is 0 Å². The van der Waals surface area contributed by atoms with Crippen molar-refractivity contribution in [3.8, 4) is 17.0 Å². The number of likely N-dealkylation sites (tertiary alicyclic amines) is 1. The van der Waals surface area contributed by atoms with Crippen molar-refractivity contribution in [1.82, 2.24) is 10.1 Å². The van der Waals surface area contributed by atoms with Gasteiger partial charge in [-0.3, -0.25) is 9.59 Å². The molecule has 2 saturated heterocycles. The van der Waals surface area contributed by atoms with Crippen LogP contribution < -0.4 is 4.74 Å². The molecule has 2 fully saturated rings. The van der Waals surface area contributed by atoms with Crippen LogP contribution in [0.25, 0.3) is 11.3 Å². The first-order chi connectivity index (χ1) is 15.5. The Hall–Kier alpha value is -2.87. The summed E-state index contributed by atoms with van der Waals surface area (Å²) < 4.78 is 21.8. The van der Waals surface area contributed by atoms with E-state index in [1.807, 2.05) is 30.3 Å². The third kappa shape index (κ3) is 4.65. The fourth-order valence-corrected chi connectivity index (χ4v) is 4.59. The van der Waals surface area contributed by atoms with Gasteiger partial charge in [0.1, 0.15) is 23.3 Å². The van der Waals surface area contributed by atoms with Crippen LogP contribution in [0.4, 0.5) is 0 Å². The van der Waals surface area contributed by atoms with Gasteiger partial charge in [0.15, 0.2) is 0 Å². The molecule has 172 valence electrons. The number of esters is 1. The van der Waals surface area contributed by atoms with E-state index in [0.717, 1.165) is 30.6 Å². The van der Waals surface area contributed by atoms with Crippen molar-refractivity contribution in [2.24, 2.45) is 5.41 Å². The molecule has 1 aromatic carbocycles.